The van der Waals surface area contributed by atoms with E-state index in [4.69, 9.17) is 5.14 Å². The van der Waals surface area contributed by atoms with Crippen LogP contribution in [0.5, 0.6) is 5.75 Å². The van der Waals surface area contributed by atoms with Gasteiger partial charge in [-0.1, -0.05) is 0 Å². The van der Waals surface area contributed by atoms with Crippen molar-refractivity contribution in [2.45, 2.75) is 11.8 Å². The number of nitrogens with one attached hydrogen (secondary N) is 1. The smallest absolute Gasteiger partial charge is 0.241 e. The molecule has 1 amide bonds. The number of anilines is 1. The number of aromatic hydroxyl groups is 1. The minimum Gasteiger partial charge on any atom is -0.507 e. The van der Waals surface area contributed by atoms with Crippen molar-refractivity contribution in [3.05, 3.63) is 18.2 Å². The summed E-state index contributed by atoms with van der Waals surface area (Å²) in [4.78, 5) is 10.3. The Morgan fingerprint density at radius 2 is 2.07 bits per heavy atom. The highest BCUT2D eigenvalue weighted by Gasteiger charge is 2.14. The summed E-state index contributed by atoms with van der Waals surface area (Å²) < 4.78 is 22.0. The van der Waals surface area contributed by atoms with Gasteiger partial charge in [0.05, 0.1) is 0 Å². The molecule has 0 radical (unpaired) electrons. The highest BCUT2D eigenvalue weighted by molar-refractivity contribution is 7.89. The molecule has 0 heterocycles. The molecule has 0 unspecified atom stereocenters. The van der Waals surface area contributed by atoms with E-state index in [1.54, 1.807) is 0 Å². The minimum atomic E-state index is -3.99. The predicted molar refractivity (Wildman–Crippen MR) is 53.8 cm³/mol. The molecule has 0 aliphatic rings. The summed E-state index contributed by atoms with van der Waals surface area (Å²) in [5, 5.41) is 16.5. The number of hydrogen-bond acceptors (Lipinski definition) is 4. The van der Waals surface area contributed by atoms with Gasteiger partial charge in [0, 0.05) is 12.6 Å². The van der Waals surface area contributed by atoms with Gasteiger partial charge >= 0.3 is 0 Å². The molecule has 0 bridgehead atoms. The van der Waals surface area contributed by atoms with E-state index in [0.29, 0.717) is 0 Å². The number of carbonyl (C=O) groups is 1. The topological polar surface area (TPSA) is 109 Å². The highest BCUT2D eigenvalue weighted by atomic mass is 32.2. The number of rotatable bonds is 2. The molecule has 0 aliphatic carbocycles. The molecule has 0 saturated carbocycles. The van der Waals surface area contributed by atoms with Gasteiger partial charge in [0.2, 0.25) is 15.9 Å². The molecule has 1 aromatic carbocycles. The van der Waals surface area contributed by atoms with Crippen molar-refractivity contribution < 1.29 is 18.3 Å². The fourth-order valence-electron chi connectivity index (χ4n) is 1.02. The third-order valence-corrected chi connectivity index (χ3v) is 2.53. The van der Waals surface area contributed by atoms with Crippen molar-refractivity contribution in [3.63, 3.8) is 0 Å². The second-order valence-corrected chi connectivity index (χ2v) is 4.44. The Bertz CT molecular complexity index is 495. The lowest BCUT2D eigenvalue weighted by molar-refractivity contribution is -0.114. The number of primary sulfonamides is 1. The molecule has 0 saturated heterocycles. The zero-order chi connectivity index (χ0) is 11.6. The second kappa shape index (κ2) is 3.87. The Morgan fingerprint density at radius 3 is 2.53 bits per heavy atom. The van der Waals surface area contributed by atoms with Gasteiger partial charge in [-0.3, -0.25) is 4.79 Å². The van der Waals surface area contributed by atoms with Gasteiger partial charge in [0.25, 0.3) is 0 Å². The fraction of sp³-hybridized carbons (Fsp3) is 0.125. The summed E-state index contributed by atoms with van der Waals surface area (Å²) in [6.45, 7) is 1.28. The molecule has 0 atom stereocenters. The molecule has 7 heteroatoms. The van der Waals surface area contributed by atoms with E-state index in [9.17, 15) is 18.3 Å². The lowest BCUT2D eigenvalue weighted by atomic mass is 10.3. The van der Waals surface area contributed by atoms with E-state index in [0.717, 1.165) is 12.1 Å². The lowest BCUT2D eigenvalue weighted by Crippen LogP contribution is -2.13. The van der Waals surface area contributed by atoms with Crippen molar-refractivity contribution in [2.24, 2.45) is 5.14 Å². The van der Waals surface area contributed by atoms with Crippen molar-refractivity contribution in [1.29, 1.82) is 0 Å². The van der Waals surface area contributed by atoms with Crippen LogP contribution in [0.15, 0.2) is 23.1 Å². The molecule has 15 heavy (non-hydrogen) atoms. The number of benzene rings is 1. The first-order valence-electron chi connectivity index (χ1n) is 3.94. The number of sulfonamides is 1. The van der Waals surface area contributed by atoms with E-state index in [1.807, 2.05) is 0 Å². The summed E-state index contributed by atoms with van der Waals surface area (Å²) >= 11 is 0. The summed E-state index contributed by atoms with van der Waals surface area (Å²) in [5.41, 5.74) is 0.254. The van der Waals surface area contributed by atoms with Crippen LogP contribution in [0, 0.1) is 0 Å². The number of phenolic OH excluding ortho intramolecular Hbond substituents is 1. The molecule has 4 N–H and O–H groups in total. The van der Waals surface area contributed by atoms with Crippen molar-refractivity contribution >= 4 is 21.6 Å². The van der Waals surface area contributed by atoms with E-state index < -0.39 is 20.7 Å². The Hall–Kier alpha value is -1.60. The normalized spacial score (nSPS) is 11.1. The maximum Gasteiger partial charge on any atom is 0.241 e. The third kappa shape index (κ3) is 2.93. The molecular formula is C8H10N2O4S. The van der Waals surface area contributed by atoms with E-state index in [-0.39, 0.29) is 11.6 Å². The molecular weight excluding hydrogens is 220 g/mol. The molecule has 0 aliphatic heterocycles. The van der Waals surface area contributed by atoms with Crippen molar-refractivity contribution in [3.8, 4) is 5.75 Å². The minimum absolute atomic E-state index is 0.254. The number of phenols is 1. The van der Waals surface area contributed by atoms with Crippen LogP contribution >= 0.6 is 0 Å². The van der Waals surface area contributed by atoms with Crippen LogP contribution in [0.3, 0.4) is 0 Å². The standard InChI is InChI=1S/C8H10N2O4S/c1-5(11)10-6-2-3-7(12)8(4-6)15(9,13)14/h2-4,12H,1H3,(H,10,11)(H2,9,13,14). The first-order valence-corrected chi connectivity index (χ1v) is 5.49. The Morgan fingerprint density at radius 1 is 1.47 bits per heavy atom. The molecule has 6 nitrogen and oxygen atoms in total. The quantitative estimate of drug-likeness (QED) is 0.621. The average molecular weight is 230 g/mol. The van der Waals surface area contributed by atoms with Crippen LogP contribution in [0.4, 0.5) is 5.69 Å². The first kappa shape index (κ1) is 11.5. The van der Waals surface area contributed by atoms with Crippen LogP contribution in [-0.4, -0.2) is 19.4 Å². The Kier molecular flexibility index (Phi) is 2.96. The third-order valence-electron chi connectivity index (χ3n) is 1.59. The summed E-state index contributed by atoms with van der Waals surface area (Å²) in [5.74, 6) is -0.798. The van der Waals surface area contributed by atoms with Gasteiger partial charge in [0.15, 0.2) is 0 Å². The van der Waals surface area contributed by atoms with Gasteiger partial charge in [-0.15, -0.1) is 0 Å². The monoisotopic (exact) mass is 230 g/mol. The van der Waals surface area contributed by atoms with Gasteiger partial charge in [-0.05, 0) is 18.2 Å². The molecule has 82 valence electrons. The van der Waals surface area contributed by atoms with Crippen molar-refractivity contribution in [1.82, 2.24) is 0 Å². The molecule has 0 aromatic heterocycles. The Labute approximate surface area is 86.8 Å². The highest BCUT2D eigenvalue weighted by Crippen LogP contribution is 2.24. The van der Waals surface area contributed by atoms with Crippen LogP contribution in [0.1, 0.15) is 6.92 Å². The van der Waals surface area contributed by atoms with Crippen LogP contribution < -0.4 is 10.5 Å². The van der Waals surface area contributed by atoms with Crippen molar-refractivity contribution in [2.75, 3.05) is 5.32 Å². The van der Waals surface area contributed by atoms with E-state index in [1.165, 1.54) is 13.0 Å². The van der Waals surface area contributed by atoms with Crippen LogP contribution in [0.25, 0.3) is 0 Å². The maximum absolute atomic E-state index is 11.0. The molecule has 1 aromatic rings. The molecule has 1 rings (SSSR count). The number of nitrogens with two attached hydrogens (primary N) is 1. The summed E-state index contributed by atoms with van der Waals surface area (Å²) in [6.07, 6.45) is 0. The first-order chi connectivity index (χ1) is 6.80. The number of hydrogen-bond donors (Lipinski definition) is 3. The zero-order valence-electron chi connectivity index (χ0n) is 7.89. The van der Waals surface area contributed by atoms with E-state index in [2.05, 4.69) is 5.32 Å². The largest absolute Gasteiger partial charge is 0.507 e. The van der Waals surface area contributed by atoms with Gasteiger partial charge in [-0.2, -0.15) is 0 Å². The SMILES string of the molecule is CC(=O)Nc1ccc(O)c(S(N)(=O)=O)c1. The number of carbonyl (C=O) groups excluding carboxylic acids is 1. The second-order valence-electron chi connectivity index (χ2n) is 2.91. The van der Waals surface area contributed by atoms with Crippen LogP contribution in [0.2, 0.25) is 0 Å². The van der Waals surface area contributed by atoms with Gasteiger partial charge < -0.3 is 10.4 Å². The summed E-state index contributed by atoms with van der Waals surface area (Å²) in [7, 11) is -3.99. The molecule has 0 fully saturated rings. The predicted octanol–water partition coefficient (Wildman–Crippen LogP) is -0.00200. The maximum atomic E-state index is 11.0. The van der Waals surface area contributed by atoms with Gasteiger partial charge in [0.1, 0.15) is 10.6 Å². The molecule has 0 spiro atoms. The zero-order valence-corrected chi connectivity index (χ0v) is 8.71. The number of amides is 1. The van der Waals surface area contributed by atoms with E-state index >= 15 is 0 Å². The summed E-state index contributed by atoms with van der Waals surface area (Å²) in [6, 6.07) is 3.60. The fourth-order valence-corrected chi connectivity index (χ4v) is 1.67. The van der Waals surface area contributed by atoms with Crippen LogP contribution in [-0.2, 0) is 14.8 Å². The Balaban J connectivity index is 3.23. The lowest BCUT2D eigenvalue weighted by Gasteiger charge is -2.06. The van der Waals surface area contributed by atoms with Gasteiger partial charge in [-0.25, -0.2) is 13.6 Å². The average Bonchev–Trinajstić information content (AvgIpc) is 2.05.